The van der Waals surface area contributed by atoms with Gasteiger partial charge in [-0.3, -0.25) is 9.48 Å². The Kier molecular flexibility index (Phi) is 11.5. The number of methoxy groups -OCH3 is 1. The maximum Gasteiger partial charge on any atom is 0.230 e. The number of carbonyl (C=O) groups excluding carboxylic acids is 1. The number of nitrogens with zero attached hydrogens (tertiary/aromatic N) is 3. The minimum Gasteiger partial charge on any atom is -0.496 e. The number of carbonyl (C=O) groups is 1. The summed E-state index contributed by atoms with van der Waals surface area (Å²) in [5, 5.41) is 4.10. The molecular formula is C38H54N4O4S. The van der Waals surface area contributed by atoms with E-state index in [0.29, 0.717) is 18.4 Å². The highest BCUT2D eigenvalue weighted by Gasteiger charge is 2.33. The van der Waals surface area contributed by atoms with Crippen molar-refractivity contribution in [2.24, 2.45) is 17.8 Å². The van der Waals surface area contributed by atoms with Crippen molar-refractivity contribution in [3.05, 3.63) is 66.0 Å². The number of hydrogen-bond donors (Lipinski definition) is 1. The lowest BCUT2D eigenvalue weighted by atomic mass is 9.77. The molecule has 9 heteroatoms. The van der Waals surface area contributed by atoms with Crippen LogP contribution in [0.1, 0.15) is 102 Å². The second-order valence-corrected chi connectivity index (χ2v) is 16.7. The number of nitrogens with one attached hydrogen (secondary N) is 1. The van der Waals surface area contributed by atoms with Crippen molar-refractivity contribution in [2.45, 2.75) is 103 Å². The van der Waals surface area contributed by atoms with Gasteiger partial charge in [-0.2, -0.15) is 5.10 Å². The number of benzene rings is 2. The second-order valence-electron chi connectivity index (χ2n) is 14.4. The summed E-state index contributed by atoms with van der Waals surface area (Å²) in [5.41, 5.74) is 5.62. The molecule has 2 aromatic carbocycles. The summed E-state index contributed by atoms with van der Waals surface area (Å²) < 4.78 is 34.8. The number of anilines is 1. The van der Waals surface area contributed by atoms with E-state index < -0.39 is 15.3 Å². The van der Waals surface area contributed by atoms with Gasteiger partial charge in [0.25, 0.3) is 0 Å². The zero-order chi connectivity index (χ0) is 33.7. The van der Waals surface area contributed by atoms with Crippen molar-refractivity contribution in [2.75, 3.05) is 25.1 Å². The first kappa shape index (κ1) is 35.1. The molecule has 2 fully saturated rings. The monoisotopic (exact) mass is 662 g/mol. The minimum atomic E-state index is -3.29. The highest BCUT2D eigenvalue weighted by molar-refractivity contribution is 7.90. The lowest BCUT2D eigenvalue weighted by Crippen LogP contribution is -2.42. The van der Waals surface area contributed by atoms with Crippen LogP contribution in [0.15, 0.2) is 54.9 Å². The number of hydrogen-bond acceptors (Lipinski definition) is 5. The van der Waals surface area contributed by atoms with Crippen LogP contribution in [0.25, 0.3) is 11.1 Å². The molecule has 1 heterocycles. The van der Waals surface area contributed by atoms with E-state index in [-0.39, 0.29) is 23.8 Å². The van der Waals surface area contributed by atoms with Crippen molar-refractivity contribution < 1.29 is 17.9 Å². The van der Waals surface area contributed by atoms with Gasteiger partial charge >= 0.3 is 0 Å². The number of aromatic nitrogens is 2. The average Bonchev–Trinajstić information content (AvgIpc) is 3.58. The summed E-state index contributed by atoms with van der Waals surface area (Å²) in [6, 6.07) is 15.2. The molecule has 1 N–H and O–H groups in total. The number of ether oxygens (including phenoxy) is 1. The van der Waals surface area contributed by atoms with Crippen LogP contribution in [0.5, 0.6) is 5.75 Å². The van der Waals surface area contributed by atoms with Crippen LogP contribution in [-0.4, -0.2) is 49.6 Å². The minimum absolute atomic E-state index is 0.0566. The molecule has 0 spiro atoms. The van der Waals surface area contributed by atoms with Crippen LogP contribution in [0.2, 0.25) is 0 Å². The van der Waals surface area contributed by atoms with Gasteiger partial charge in [0.1, 0.15) is 5.75 Å². The van der Waals surface area contributed by atoms with E-state index in [9.17, 15) is 13.2 Å². The smallest absolute Gasteiger partial charge is 0.230 e. The molecule has 5 rings (SSSR count). The van der Waals surface area contributed by atoms with Crippen LogP contribution < -0.4 is 14.4 Å². The van der Waals surface area contributed by atoms with Crippen LogP contribution in [-0.2, 0) is 14.8 Å². The van der Waals surface area contributed by atoms with E-state index in [1.807, 2.05) is 10.9 Å². The van der Waals surface area contributed by atoms with Gasteiger partial charge in [-0.1, -0.05) is 24.3 Å². The molecule has 47 heavy (non-hydrogen) atoms. The van der Waals surface area contributed by atoms with Gasteiger partial charge in [0.2, 0.25) is 15.9 Å². The first-order valence-corrected chi connectivity index (χ1v) is 19.1. The van der Waals surface area contributed by atoms with Crippen LogP contribution >= 0.6 is 0 Å². The van der Waals surface area contributed by atoms with E-state index in [1.54, 1.807) is 21.0 Å². The van der Waals surface area contributed by atoms with E-state index in [0.717, 1.165) is 80.5 Å². The van der Waals surface area contributed by atoms with E-state index in [4.69, 9.17) is 4.74 Å². The fourth-order valence-corrected chi connectivity index (χ4v) is 8.07. The zero-order valence-electron chi connectivity index (χ0n) is 29.1. The molecule has 0 saturated heterocycles. The summed E-state index contributed by atoms with van der Waals surface area (Å²) >= 11 is 0. The molecule has 0 bridgehead atoms. The molecule has 3 aromatic rings. The van der Waals surface area contributed by atoms with Crippen LogP contribution in [0, 0.1) is 24.7 Å². The number of aryl methyl sites for hydroxylation is 1. The van der Waals surface area contributed by atoms with Gasteiger partial charge < -0.3 is 9.64 Å². The van der Waals surface area contributed by atoms with Gasteiger partial charge in [-0.15, -0.1) is 0 Å². The van der Waals surface area contributed by atoms with Crippen LogP contribution in [0.3, 0.4) is 0 Å². The number of sulfonamides is 1. The van der Waals surface area contributed by atoms with Crippen molar-refractivity contribution in [1.29, 1.82) is 0 Å². The molecule has 0 aliphatic heterocycles. The fraction of sp³-hybridized carbons (Fsp3) is 0.579. The van der Waals surface area contributed by atoms with Crippen molar-refractivity contribution in [1.82, 2.24) is 14.5 Å². The molecule has 8 nitrogen and oxygen atoms in total. The van der Waals surface area contributed by atoms with Gasteiger partial charge in [0.05, 0.1) is 18.6 Å². The average molecular weight is 663 g/mol. The lowest BCUT2D eigenvalue weighted by molar-refractivity contribution is -0.123. The summed E-state index contributed by atoms with van der Waals surface area (Å²) in [6.07, 6.45) is 11.7. The van der Waals surface area contributed by atoms with Crippen LogP contribution in [0.4, 0.5) is 5.69 Å². The maximum atomic E-state index is 14.4. The first-order valence-electron chi connectivity index (χ1n) is 17.5. The third-order valence-corrected chi connectivity index (χ3v) is 12.3. The summed E-state index contributed by atoms with van der Waals surface area (Å²) in [5.74, 6) is 2.31. The molecule has 2 aliphatic carbocycles. The third-order valence-electron chi connectivity index (χ3n) is 10.5. The van der Waals surface area contributed by atoms with E-state index in [2.05, 4.69) is 84.2 Å². The Morgan fingerprint density at radius 3 is 2.28 bits per heavy atom. The van der Waals surface area contributed by atoms with Gasteiger partial charge in [0.15, 0.2) is 0 Å². The van der Waals surface area contributed by atoms with E-state index >= 15 is 0 Å². The van der Waals surface area contributed by atoms with Gasteiger partial charge in [-0.25, -0.2) is 13.1 Å². The molecule has 0 unspecified atom stereocenters. The molecule has 2 aliphatic rings. The first-order chi connectivity index (χ1) is 22.4. The third kappa shape index (κ3) is 8.65. The van der Waals surface area contributed by atoms with Gasteiger partial charge in [0, 0.05) is 42.5 Å². The molecule has 1 aromatic heterocycles. The second kappa shape index (κ2) is 15.4. The predicted molar refractivity (Wildman–Crippen MR) is 190 cm³/mol. The quantitative estimate of drug-likeness (QED) is 0.213. The largest absolute Gasteiger partial charge is 0.496 e. The Balaban J connectivity index is 1.30. The maximum absolute atomic E-state index is 14.4. The number of amides is 1. The normalized spacial score (nSPS) is 22.0. The summed E-state index contributed by atoms with van der Waals surface area (Å²) in [4.78, 5) is 16.5. The zero-order valence-corrected chi connectivity index (χ0v) is 29.9. The Morgan fingerprint density at radius 2 is 1.66 bits per heavy atom. The Labute approximate surface area is 282 Å². The Bertz CT molecular complexity index is 1600. The topological polar surface area (TPSA) is 93.5 Å². The lowest BCUT2D eigenvalue weighted by Gasteiger charge is -2.36. The summed E-state index contributed by atoms with van der Waals surface area (Å²) in [6.45, 7) is 10.9. The fourth-order valence-electron chi connectivity index (χ4n) is 7.27. The number of rotatable bonds is 12. The van der Waals surface area contributed by atoms with Crippen molar-refractivity contribution in [3.8, 4) is 16.9 Å². The standard InChI is InChI=1S/C38H54N4O4S/c1-26(2)42-25-35(23-39-42)33-8-7-9-36(21-33)41(38(43)32-16-10-29(11-17-32)22-40-47(44,45)27(3)4)24-30-12-14-31(15-13-30)34-18-19-37(46-6)28(5)20-34/h7-9,18-21,23,25-27,29-32,40H,10-17,22,24H2,1-6H3. The molecule has 0 radical (unpaired) electrons. The van der Waals surface area contributed by atoms with Crippen molar-refractivity contribution in [3.63, 3.8) is 0 Å². The highest BCUT2D eigenvalue weighted by atomic mass is 32.2. The molecule has 1 amide bonds. The Hall–Kier alpha value is -3.17. The molecule has 2 saturated carbocycles. The Morgan fingerprint density at radius 1 is 0.957 bits per heavy atom. The molecule has 256 valence electrons. The highest BCUT2D eigenvalue weighted by Crippen LogP contribution is 2.39. The molecular weight excluding hydrogens is 609 g/mol. The van der Waals surface area contributed by atoms with Crippen molar-refractivity contribution >= 4 is 21.6 Å². The van der Waals surface area contributed by atoms with Gasteiger partial charge in [-0.05, 0) is 139 Å². The van der Waals surface area contributed by atoms with E-state index in [1.165, 1.54) is 11.1 Å². The summed E-state index contributed by atoms with van der Waals surface area (Å²) in [7, 11) is -1.57. The predicted octanol–water partition coefficient (Wildman–Crippen LogP) is 7.89. The SMILES string of the molecule is COc1ccc(C2CCC(CN(C(=O)C3CCC(CNS(=O)(=O)C(C)C)CC3)c3cccc(-c4cnn(C(C)C)c4)c3)CC2)cc1C. The molecule has 0 atom stereocenters.